The van der Waals surface area contributed by atoms with Crippen molar-refractivity contribution in [2.45, 2.75) is 71.3 Å². The normalized spacial score (nSPS) is 12.4. The molecule has 0 unspecified atom stereocenters. The van der Waals surface area contributed by atoms with Crippen LogP contribution in [0.25, 0.3) is 0 Å². The molecule has 2 nitrogen and oxygen atoms in total. The number of hydrogen-bond acceptors (Lipinski definition) is 2. The van der Waals surface area contributed by atoms with Crippen molar-refractivity contribution in [3.05, 3.63) is 0 Å². The van der Waals surface area contributed by atoms with E-state index in [9.17, 15) is 5.11 Å². The average Bonchev–Trinajstić information content (AvgIpc) is 2.11. The van der Waals surface area contributed by atoms with Crippen molar-refractivity contribution in [3.63, 3.8) is 0 Å². The van der Waals surface area contributed by atoms with E-state index in [-0.39, 0.29) is 0 Å². The molecule has 0 aliphatic carbocycles. The first-order valence-corrected chi connectivity index (χ1v) is 8.72. The summed E-state index contributed by atoms with van der Waals surface area (Å²) < 4.78 is 5.74. The Morgan fingerprint density at radius 1 is 1.07 bits per heavy atom. The van der Waals surface area contributed by atoms with Gasteiger partial charge in [0.25, 0.3) is 0 Å². The van der Waals surface area contributed by atoms with Crippen LogP contribution in [-0.2, 0) is 4.43 Å². The van der Waals surface area contributed by atoms with Crippen LogP contribution in [-0.4, -0.2) is 19.9 Å². The minimum Gasteiger partial charge on any atom is -0.394 e. The molecule has 0 fully saturated rings. The van der Waals surface area contributed by atoms with Gasteiger partial charge >= 0.3 is 0 Å². The summed E-state index contributed by atoms with van der Waals surface area (Å²) in [5.74, 6) is -0.813. The van der Waals surface area contributed by atoms with E-state index in [0.717, 1.165) is 38.5 Å². The molecule has 0 aliphatic heterocycles. The molecule has 0 atom stereocenters. The van der Waals surface area contributed by atoms with Crippen LogP contribution in [0.2, 0.25) is 13.1 Å². The lowest BCUT2D eigenvalue weighted by Gasteiger charge is -2.30. The highest BCUT2D eigenvalue weighted by atomic mass is 28.3. The second-order valence-corrected chi connectivity index (χ2v) is 6.65. The summed E-state index contributed by atoms with van der Waals surface area (Å²) in [6.45, 7) is 8.52. The van der Waals surface area contributed by atoms with Crippen molar-refractivity contribution in [2.75, 3.05) is 0 Å². The molecule has 0 saturated heterocycles. The molecule has 0 spiro atoms. The predicted molar refractivity (Wildman–Crippen MR) is 64.0 cm³/mol. The molecule has 0 aromatic carbocycles. The van der Waals surface area contributed by atoms with Gasteiger partial charge in [-0.1, -0.05) is 26.7 Å². The maximum atomic E-state index is 10.3. The van der Waals surface area contributed by atoms with Gasteiger partial charge < -0.3 is 9.53 Å². The molecular formula is C11H26O2Si. The van der Waals surface area contributed by atoms with Crippen molar-refractivity contribution in [1.29, 1.82) is 0 Å². The zero-order chi connectivity index (χ0) is 11.0. The molecule has 86 valence electrons. The molecule has 0 heterocycles. The molecule has 0 saturated carbocycles. The molecular weight excluding hydrogens is 192 g/mol. The molecule has 3 heteroatoms. The Morgan fingerprint density at radius 3 is 1.79 bits per heavy atom. The van der Waals surface area contributed by atoms with Crippen LogP contribution >= 0.6 is 0 Å². The summed E-state index contributed by atoms with van der Waals surface area (Å²) in [4.78, 5) is 0. The van der Waals surface area contributed by atoms with E-state index in [0.29, 0.717) is 0 Å². The third-order valence-electron chi connectivity index (χ3n) is 2.30. The standard InChI is InChI=1S/C11H26O2Si/c1-5-7-9-11(12,10-8-6-2)13-14(3)4/h12,14H,5-10H2,1-4H3. The third kappa shape index (κ3) is 6.57. The highest BCUT2D eigenvalue weighted by Gasteiger charge is 2.27. The number of unbranched alkanes of at least 4 members (excludes halogenated alkanes) is 2. The van der Waals surface area contributed by atoms with Gasteiger partial charge in [0.05, 0.1) is 0 Å². The first-order valence-electron chi connectivity index (χ1n) is 5.94. The summed E-state index contributed by atoms with van der Waals surface area (Å²) in [5.41, 5.74) is 0. The van der Waals surface area contributed by atoms with E-state index < -0.39 is 14.8 Å². The fourth-order valence-corrected chi connectivity index (χ4v) is 2.70. The Balaban J connectivity index is 4.03. The van der Waals surface area contributed by atoms with Gasteiger partial charge in [-0.15, -0.1) is 0 Å². The molecule has 0 aromatic rings. The zero-order valence-electron chi connectivity index (χ0n) is 10.2. The van der Waals surface area contributed by atoms with Gasteiger partial charge in [0.1, 0.15) is 0 Å². The predicted octanol–water partition coefficient (Wildman–Crippen LogP) is 3.06. The summed E-state index contributed by atoms with van der Waals surface area (Å²) in [7, 11) is -1.13. The van der Waals surface area contributed by atoms with Gasteiger partial charge in [0.2, 0.25) is 0 Å². The Morgan fingerprint density at radius 2 is 1.50 bits per heavy atom. The fraction of sp³-hybridized carbons (Fsp3) is 1.00. The van der Waals surface area contributed by atoms with Crippen molar-refractivity contribution in [1.82, 2.24) is 0 Å². The van der Waals surface area contributed by atoms with Crippen LogP contribution in [0, 0.1) is 0 Å². The second kappa shape index (κ2) is 7.43. The summed E-state index contributed by atoms with van der Waals surface area (Å²) in [5, 5.41) is 10.3. The molecule has 14 heavy (non-hydrogen) atoms. The van der Waals surface area contributed by atoms with Crippen LogP contribution in [0.5, 0.6) is 0 Å². The van der Waals surface area contributed by atoms with Gasteiger partial charge in [0.15, 0.2) is 14.8 Å². The lowest BCUT2D eigenvalue weighted by atomic mass is 10.0. The van der Waals surface area contributed by atoms with Gasteiger partial charge in [-0.2, -0.15) is 0 Å². The molecule has 1 N–H and O–H groups in total. The van der Waals surface area contributed by atoms with Gasteiger partial charge in [0, 0.05) is 12.8 Å². The molecule has 0 aromatic heterocycles. The Kier molecular flexibility index (Phi) is 7.50. The van der Waals surface area contributed by atoms with Crippen LogP contribution in [0.3, 0.4) is 0 Å². The van der Waals surface area contributed by atoms with Crippen molar-refractivity contribution >= 4 is 9.04 Å². The zero-order valence-corrected chi connectivity index (χ0v) is 11.3. The minimum absolute atomic E-state index is 0.800. The average molecular weight is 218 g/mol. The van der Waals surface area contributed by atoms with E-state index in [2.05, 4.69) is 26.9 Å². The molecule has 0 rings (SSSR count). The number of hydrogen-bond donors (Lipinski definition) is 1. The molecule has 0 radical (unpaired) electrons. The van der Waals surface area contributed by atoms with Crippen molar-refractivity contribution in [3.8, 4) is 0 Å². The van der Waals surface area contributed by atoms with E-state index in [1.807, 2.05) is 0 Å². The van der Waals surface area contributed by atoms with Crippen LogP contribution in [0.4, 0.5) is 0 Å². The molecule has 0 bridgehead atoms. The van der Waals surface area contributed by atoms with Crippen LogP contribution in [0.15, 0.2) is 0 Å². The largest absolute Gasteiger partial charge is 0.394 e. The van der Waals surface area contributed by atoms with E-state index in [1.165, 1.54) is 0 Å². The van der Waals surface area contributed by atoms with Crippen molar-refractivity contribution < 1.29 is 9.53 Å². The van der Waals surface area contributed by atoms with Gasteiger partial charge in [-0.05, 0) is 25.9 Å². The lowest BCUT2D eigenvalue weighted by molar-refractivity contribution is -0.152. The summed E-state index contributed by atoms with van der Waals surface area (Å²) in [6.07, 6.45) is 5.96. The van der Waals surface area contributed by atoms with Gasteiger partial charge in [-0.25, -0.2) is 0 Å². The minimum atomic E-state index is -1.13. The third-order valence-corrected chi connectivity index (χ3v) is 3.21. The van der Waals surface area contributed by atoms with E-state index in [1.54, 1.807) is 0 Å². The molecule has 0 amide bonds. The highest BCUT2D eigenvalue weighted by Crippen LogP contribution is 2.23. The summed E-state index contributed by atoms with van der Waals surface area (Å²) in [6, 6.07) is 0. The Hall–Kier alpha value is 0.137. The maximum Gasteiger partial charge on any atom is 0.174 e. The van der Waals surface area contributed by atoms with Crippen LogP contribution < -0.4 is 0 Å². The quantitative estimate of drug-likeness (QED) is 0.501. The SMILES string of the molecule is CCCCC(O)(CCCC)O[SiH](C)C. The second-order valence-electron chi connectivity index (χ2n) is 4.32. The topological polar surface area (TPSA) is 29.5 Å². The monoisotopic (exact) mass is 218 g/mol. The van der Waals surface area contributed by atoms with E-state index >= 15 is 0 Å². The number of aliphatic hydroxyl groups is 1. The first-order chi connectivity index (χ1) is 6.54. The first kappa shape index (κ1) is 14.1. The summed E-state index contributed by atoms with van der Waals surface area (Å²) >= 11 is 0. The highest BCUT2D eigenvalue weighted by molar-refractivity contribution is 6.48. The van der Waals surface area contributed by atoms with Crippen molar-refractivity contribution in [2.24, 2.45) is 0 Å². The maximum absolute atomic E-state index is 10.3. The Bertz CT molecular complexity index is 129. The van der Waals surface area contributed by atoms with E-state index in [4.69, 9.17) is 4.43 Å². The molecule has 0 aliphatic rings. The smallest absolute Gasteiger partial charge is 0.174 e. The number of rotatable bonds is 8. The lowest BCUT2D eigenvalue weighted by Crippen LogP contribution is -2.36. The van der Waals surface area contributed by atoms with Crippen LogP contribution in [0.1, 0.15) is 52.4 Å². The van der Waals surface area contributed by atoms with Gasteiger partial charge in [-0.3, -0.25) is 0 Å². The Labute approximate surface area is 90.4 Å². The fourth-order valence-electron chi connectivity index (χ4n) is 1.59.